The minimum absolute atomic E-state index is 0.555. The van der Waals surface area contributed by atoms with Gasteiger partial charge in [-0.3, -0.25) is 0 Å². The number of hydrogen-bond acceptors (Lipinski definition) is 2. The number of nitrogens with zero attached hydrogens (tertiary/aromatic N) is 3. The second kappa shape index (κ2) is 3.01. The maximum absolute atomic E-state index is 5.72. The number of rotatable bonds is 2. The van der Waals surface area contributed by atoms with Crippen molar-refractivity contribution in [2.24, 2.45) is 5.92 Å². The third kappa shape index (κ3) is 1.70. The van der Waals surface area contributed by atoms with E-state index in [4.69, 9.17) is 11.6 Å². The van der Waals surface area contributed by atoms with Crippen molar-refractivity contribution in [3.63, 3.8) is 0 Å². The molecule has 1 heterocycles. The summed E-state index contributed by atoms with van der Waals surface area (Å²) in [6.07, 6.45) is 1.55. The molecule has 0 aliphatic rings. The first kappa shape index (κ1) is 7.54. The van der Waals surface area contributed by atoms with Crippen LogP contribution < -0.4 is 0 Å². The summed E-state index contributed by atoms with van der Waals surface area (Å²) in [5.74, 6) is 0.555. The molecule has 0 atom stereocenters. The van der Waals surface area contributed by atoms with Crippen LogP contribution in [0.15, 0.2) is 6.20 Å². The first-order chi connectivity index (χ1) is 4.70. The zero-order valence-electron chi connectivity index (χ0n) is 6.08. The molecular formula is C6H10ClN3. The zero-order chi connectivity index (χ0) is 7.56. The standard InChI is InChI=1S/C6H10ClN3/c1-5(2)4-10-6(7)3-8-9-10/h3,5H,4H2,1-2H3. The normalized spacial score (nSPS) is 10.8. The van der Waals surface area contributed by atoms with E-state index in [1.165, 1.54) is 0 Å². The van der Waals surface area contributed by atoms with Gasteiger partial charge in [0, 0.05) is 6.54 Å². The summed E-state index contributed by atoms with van der Waals surface area (Å²) >= 11 is 5.72. The lowest BCUT2D eigenvalue weighted by Crippen LogP contribution is -2.05. The van der Waals surface area contributed by atoms with E-state index in [1.54, 1.807) is 10.9 Å². The van der Waals surface area contributed by atoms with Gasteiger partial charge in [0.05, 0.1) is 6.20 Å². The second-order valence-electron chi connectivity index (χ2n) is 2.63. The van der Waals surface area contributed by atoms with Crippen LogP contribution in [0.25, 0.3) is 0 Å². The van der Waals surface area contributed by atoms with Crippen molar-refractivity contribution in [2.45, 2.75) is 20.4 Å². The van der Waals surface area contributed by atoms with Crippen LogP contribution in [-0.4, -0.2) is 15.0 Å². The second-order valence-corrected chi connectivity index (χ2v) is 3.02. The Balaban J connectivity index is 2.65. The highest BCUT2D eigenvalue weighted by molar-refractivity contribution is 6.29. The van der Waals surface area contributed by atoms with Crippen LogP contribution in [0.4, 0.5) is 0 Å². The highest BCUT2D eigenvalue weighted by atomic mass is 35.5. The molecule has 3 nitrogen and oxygen atoms in total. The topological polar surface area (TPSA) is 30.7 Å². The lowest BCUT2D eigenvalue weighted by Gasteiger charge is -2.03. The fraction of sp³-hybridized carbons (Fsp3) is 0.667. The molecule has 10 heavy (non-hydrogen) atoms. The zero-order valence-corrected chi connectivity index (χ0v) is 6.84. The maximum atomic E-state index is 5.72. The molecule has 0 amide bonds. The van der Waals surface area contributed by atoms with Crippen molar-refractivity contribution in [1.29, 1.82) is 0 Å². The highest BCUT2D eigenvalue weighted by Crippen LogP contribution is 2.06. The summed E-state index contributed by atoms with van der Waals surface area (Å²) < 4.78 is 1.69. The predicted molar refractivity (Wildman–Crippen MR) is 39.9 cm³/mol. The van der Waals surface area contributed by atoms with E-state index >= 15 is 0 Å². The summed E-state index contributed by atoms with van der Waals surface area (Å²) in [5.41, 5.74) is 0. The third-order valence-electron chi connectivity index (χ3n) is 1.11. The van der Waals surface area contributed by atoms with Crippen LogP contribution >= 0.6 is 11.6 Å². The first-order valence-electron chi connectivity index (χ1n) is 3.24. The largest absolute Gasteiger partial charge is 0.234 e. The molecule has 56 valence electrons. The van der Waals surface area contributed by atoms with Gasteiger partial charge in [-0.15, -0.1) is 5.10 Å². The van der Waals surface area contributed by atoms with Crippen molar-refractivity contribution in [2.75, 3.05) is 0 Å². The number of aromatic nitrogens is 3. The number of hydrogen-bond donors (Lipinski definition) is 0. The highest BCUT2D eigenvalue weighted by Gasteiger charge is 2.01. The van der Waals surface area contributed by atoms with Gasteiger partial charge in [0.15, 0.2) is 0 Å². The molecule has 0 saturated heterocycles. The van der Waals surface area contributed by atoms with Gasteiger partial charge in [0.2, 0.25) is 0 Å². The molecule has 0 fully saturated rings. The van der Waals surface area contributed by atoms with E-state index in [0.717, 1.165) is 6.54 Å². The molecule has 0 aliphatic heterocycles. The van der Waals surface area contributed by atoms with Crippen LogP contribution in [0, 0.1) is 5.92 Å². The Morgan fingerprint density at radius 1 is 1.70 bits per heavy atom. The van der Waals surface area contributed by atoms with Gasteiger partial charge in [0.1, 0.15) is 5.15 Å². The van der Waals surface area contributed by atoms with Crippen LogP contribution in [-0.2, 0) is 6.54 Å². The molecule has 0 aromatic carbocycles. The van der Waals surface area contributed by atoms with Crippen LogP contribution in [0.5, 0.6) is 0 Å². The van der Waals surface area contributed by atoms with Gasteiger partial charge < -0.3 is 0 Å². The van der Waals surface area contributed by atoms with E-state index in [1.807, 2.05) is 0 Å². The van der Waals surface area contributed by atoms with Crippen molar-refractivity contribution in [3.05, 3.63) is 11.3 Å². The molecule has 0 spiro atoms. The molecule has 0 radical (unpaired) electrons. The molecule has 0 aliphatic carbocycles. The quantitative estimate of drug-likeness (QED) is 0.656. The molecule has 1 aromatic heterocycles. The Morgan fingerprint density at radius 2 is 2.40 bits per heavy atom. The van der Waals surface area contributed by atoms with Crippen molar-refractivity contribution < 1.29 is 0 Å². The summed E-state index contributed by atoms with van der Waals surface area (Å²) in [6.45, 7) is 5.05. The fourth-order valence-electron chi connectivity index (χ4n) is 0.715. The Kier molecular flexibility index (Phi) is 2.27. The SMILES string of the molecule is CC(C)Cn1nncc1Cl. The minimum Gasteiger partial charge on any atom is -0.234 e. The van der Waals surface area contributed by atoms with Crippen molar-refractivity contribution in [1.82, 2.24) is 15.0 Å². The minimum atomic E-state index is 0.555. The number of halogens is 1. The summed E-state index contributed by atoms with van der Waals surface area (Å²) in [6, 6.07) is 0. The van der Waals surface area contributed by atoms with Gasteiger partial charge in [-0.05, 0) is 5.92 Å². The lowest BCUT2D eigenvalue weighted by molar-refractivity contribution is 0.472. The fourth-order valence-corrected chi connectivity index (χ4v) is 0.861. The van der Waals surface area contributed by atoms with E-state index in [-0.39, 0.29) is 0 Å². The van der Waals surface area contributed by atoms with Gasteiger partial charge >= 0.3 is 0 Å². The van der Waals surface area contributed by atoms with Gasteiger partial charge in [-0.1, -0.05) is 30.7 Å². The Labute approximate surface area is 65.0 Å². The summed E-state index contributed by atoms with van der Waals surface area (Å²) in [7, 11) is 0. The van der Waals surface area contributed by atoms with Crippen molar-refractivity contribution >= 4 is 11.6 Å². The molecular weight excluding hydrogens is 150 g/mol. The van der Waals surface area contributed by atoms with Crippen LogP contribution in [0.3, 0.4) is 0 Å². The summed E-state index contributed by atoms with van der Waals surface area (Å²) in [5, 5.41) is 8.05. The Morgan fingerprint density at radius 3 is 2.80 bits per heavy atom. The monoisotopic (exact) mass is 159 g/mol. The lowest BCUT2D eigenvalue weighted by atomic mass is 10.2. The van der Waals surface area contributed by atoms with E-state index in [0.29, 0.717) is 11.1 Å². The van der Waals surface area contributed by atoms with Gasteiger partial charge in [0.25, 0.3) is 0 Å². The van der Waals surface area contributed by atoms with Crippen LogP contribution in [0.1, 0.15) is 13.8 Å². The molecule has 0 unspecified atom stereocenters. The smallest absolute Gasteiger partial charge is 0.147 e. The average Bonchev–Trinajstić information content (AvgIpc) is 2.15. The maximum Gasteiger partial charge on any atom is 0.147 e. The predicted octanol–water partition coefficient (Wildman–Crippen LogP) is 1.59. The van der Waals surface area contributed by atoms with Crippen molar-refractivity contribution in [3.8, 4) is 0 Å². The molecule has 0 bridgehead atoms. The Hall–Kier alpha value is -0.570. The van der Waals surface area contributed by atoms with Crippen LogP contribution in [0.2, 0.25) is 5.15 Å². The van der Waals surface area contributed by atoms with Gasteiger partial charge in [-0.2, -0.15) is 0 Å². The van der Waals surface area contributed by atoms with E-state index in [9.17, 15) is 0 Å². The van der Waals surface area contributed by atoms with E-state index in [2.05, 4.69) is 24.2 Å². The third-order valence-corrected chi connectivity index (χ3v) is 1.40. The summed E-state index contributed by atoms with van der Waals surface area (Å²) in [4.78, 5) is 0. The Bertz CT molecular complexity index is 207. The molecule has 1 rings (SSSR count). The van der Waals surface area contributed by atoms with E-state index < -0.39 is 0 Å². The molecule has 1 aromatic rings. The molecule has 0 N–H and O–H groups in total. The van der Waals surface area contributed by atoms with Gasteiger partial charge in [-0.25, -0.2) is 4.68 Å². The first-order valence-corrected chi connectivity index (χ1v) is 3.62. The molecule has 0 saturated carbocycles. The average molecular weight is 160 g/mol. The molecule has 4 heteroatoms.